The van der Waals surface area contributed by atoms with Gasteiger partial charge in [0, 0.05) is 13.8 Å². The van der Waals surface area contributed by atoms with E-state index in [2.05, 4.69) is 12.2 Å². The van der Waals surface area contributed by atoms with Crippen LogP contribution in [0.2, 0.25) is 0 Å². The molecule has 0 aliphatic heterocycles. The summed E-state index contributed by atoms with van der Waals surface area (Å²) in [5.74, 6) is 0.701. The molecule has 5 heteroatoms. The van der Waals surface area contributed by atoms with Crippen LogP contribution in [0.1, 0.15) is 71.8 Å². The molecule has 5 nitrogen and oxygen atoms in total. The van der Waals surface area contributed by atoms with Crippen molar-refractivity contribution < 1.29 is 14.6 Å². The van der Waals surface area contributed by atoms with E-state index in [9.17, 15) is 10.3 Å². The monoisotopic (exact) mass is 364 g/mol. The third kappa shape index (κ3) is 8.19. The van der Waals surface area contributed by atoms with Gasteiger partial charge < -0.3 is 15.1 Å². The maximum atomic E-state index is 12.6. The minimum Gasteiger partial charge on any atom is -0.623 e. The summed E-state index contributed by atoms with van der Waals surface area (Å²) in [6, 6.07) is 7.50. The molecule has 1 aromatic rings. The number of hydroxylamine groups is 1. The zero-order valence-corrected chi connectivity index (χ0v) is 16.8. The van der Waals surface area contributed by atoms with Gasteiger partial charge in [0.25, 0.3) is 0 Å². The van der Waals surface area contributed by atoms with E-state index in [1.165, 1.54) is 19.3 Å². The van der Waals surface area contributed by atoms with Crippen molar-refractivity contribution >= 4 is 6.21 Å². The highest BCUT2D eigenvalue weighted by Crippen LogP contribution is 2.17. The van der Waals surface area contributed by atoms with Crippen molar-refractivity contribution in [1.29, 1.82) is 0 Å². The van der Waals surface area contributed by atoms with Crippen molar-refractivity contribution in [3.63, 3.8) is 0 Å². The molecule has 0 heterocycles. The quantitative estimate of drug-likeness (QED) is 0.138. The van der Waals surface area contributed by atoms with Crippen LogP contribution in [-0.4, -0.2) is 41.0 Å². The number of nitrogens with zero attached hydrogens (tertiary/aromatic N) is 1. The topological polar surface area (TPSA) is 67.6 Å². The standard InChI is InChI=1S/C21H36N2O3/c1-5-7-8-9-10-15-20(24)22-17-21(3,4)23(25)16-18-13-11-12-14-19(18)26-6-2/h11-14,16,20,22,24H,5-10,15,17H2,1-4H3/b23-16-. The van der Waals surface area contributed by atoms with Gasteiger partial charge in [-0.1, -0.05) is 44.7 Å². The van der Waals surface area contributed by atoms with Crippen LogP contribution in [0.5, 0.6) is 5.75 Å². The predicted molar refractivity (Wildman–Crippen MR) is 108 cm³/mol. The Balaban J connectivity index is 2.55. The Labute approximate surface area is 158 Å². The van der Waals surface area contributed by atoms with Gasteiger partial charge in [0.15, 0.2) is 11.8 Å². The van der Waals surface area contributed by atoms with Gasteiger partial charge in [0.2, 0.25) is 0 Å². The van der Waals surface area contributed by atoms with E-state index in [-0.39, 0.29) is 0 Å². The molecule has 0 amide bonds. The van der Waals surface area contributed by atoms with Gasteiger partial charge in [-0.3, -0.25) is 5.32 Å². The minimum atomic E-state index is -0.678. The van der Waals surface area contributed by atoms with E-state index in [1.54, 1.807) is 6.21 Å². The van der Waals surface area contributed by atoms with Gasteiger partial charge in [-0.05, 0) is 31.9 Å². The molecule has 148 valence electrons. The fourth-order valence-electron chi connectivity index (χ4n) is 2.66. The smallest absolute Gasteiger partial charge is 0.186 e. The second kappa shape index (κ2) is 11.9. The summed E-state index contributed by atoms with van der Waals surface area (Å²) in [6.45, 7) is 8.79. The van der Waals surface area contributed by atoms with Crippen LogP contribution in [0.4, 0.5) is 0 Å². The van der Waals surface area contributed by atoms with Crippen LogP contribution >= 0.6 is 0 Å². The molecule has 0 aliphatic rings. The molecule has 1 atom stereocenters. The Kier molecular flexibility index (Phi) is 10.3. The lowest BCUT2D eigenvalue weighted by Crippen LogP contribution is -2.46. The number of aliphatic hydroxyl groups is 1. The van der Waals surface area contributed by atoms with E-state index >= 15 is 0 Å². The number of hydrogen-bond donors (Lipinski definition) is 2. The van der Waals surface area contributed by atoms with Crippen LogP contribution in [0.25, 0.3) is 0 Å². The first-order valence-corrected chi connectivity index (χ1v) is 9.85. The van der Waals surface area contributed by atoms with E-state index in [4.69, 9.17) is 4.74 Å². The third-order valence-corrected chi connectivity index (χ3v) is 4.42. The highest BCUT2D eigenvalue weighted by atomic mass is 16.5. The van der Waals surface area contributed by atoms with Crippen molar-refractivity contribution in [2.75, 3.05) is 13.2 Å². The van der Waals surface area contributed by atoms with Crippen LogP contribution in [0.3, 0.4) is 0 Å². The summed E-state index contributed by atoms with van der Waals surface area (Å²) in [4.78, 5) is 0. The van der Waals surface area contributed by atoms with E-state index in [0.29, 0.717) is 18.9 Å². The van der Waals surface area contributed by atoms with Crippen LogP contribution in [-0.2, 0) is 0 Å². The lowest BCUT2D eigenvalue weighted by atomic mass is 10.1. The summed E-state index contributed by atoms with van der Waals surface area (Å²) in [5, 5.41) is 25.8. The number of unbranched alkanes of at least 4 members (excludes halogenated alkanes) is 4. The zero-order valence-electron chi connectivity index (χ0n) is 16.8. The molecule has 26 heavy (non-hydrogen) atoms. The zero-order chi connectivity index (χ0) is 19.4. The van der Waals surface area contributed by atoms with Crippen molar-refractivity contribution in [3.8, 4) is 5.75 Å². The van der Waals surface area contributed by atoms with Crippen LogP contribution in [0.15, 0.2) is 24.3 Å². The Morgan fingerprint density at radius 3 is 2.58 bits per heavy atom. The van der Waals surface area contributed by atoms with Crippen molar-refractivity contribution in [1.82, 2.24) is 5.32 Å². The molecule has 1 aromatic carbocycles. The molecule has 1 unspecified atom stereocenters. The molecule has 2 N–H and O–H groups in total. The molecule has 0 saturated carbocycles. The maximum absolute atomic E-state index is 12.6. The van der Waals surface area contributed by atoms with E-state index < -0.39 is 11.8 Å². The summed E-state index contributed by atoms with van der Waals surface area (Å²) < 4.78 is 6.50. The second-order valence-corrected chi connectivity index (χ2v) is 7.34. The Bertz CT molecular complexity index is 544. The van der Waals surface area contributed by atoms with E-state index in [1.807, 2.05) is 45.0 Å². The predicted octanol–water partition coefficient (Wildman–Crippen LogP) is 4.06. The van der Waals surface area contributed by atoms with Crippen molar-refractivity contribution in [2.24, 2.45) is 0 Å². The average molecular weight is 365 g/mol. The molecular formula is C21H36N2O3. The van der Waals surface area contributed by atoms with E-state index in [0.717, 1.165) is 29.6 Å². The molecule has 0 fully saturated rings. The van der Waals surface area contributed by atoms with Gasteiger partial charge in [-0.2, -0.15) is 0 Å². The SMILES string of the molecule is CCCCCCCC(O)NCC(C)(C)/[N+]([O-])=C/c1ccccc1OCC. The van der Waals surface area contributed by atoms with Gasteiger partial charge in [-0.25, -0.2) is 4.74 Å². The fourth-order valence-corrected chi connectivity index (χ4v) is 2.66. The van der Waals surface area contributed by atoms with Crippen molar-refractivity contribution in [2.45, 2.75) is 78.0 Å². The molecule has 0 spiro atoms. The summed E-state index contributed by atoms with van der Waals surface area (Å²) in [5.41, 5.74) is 0.0802. The molecule has 1 rings (SSSR count). The minimum absolute atomic E-state index is 0.403. The highest BCUT2D eigenvalue weighted by molar-refractivity contribution is 5.80. The first-order valence-electron chi connectivity index (χ1n) is 9.85. The average Bonchev–Trinajstić information content (AvgIpc) is 2.61. The normalized spacial score (nSPS) is 13.7. The molecule has 0 saturated heterocycles. The van der Waals surface area contributed by atoms with Crippen LogP contribution in [0, 0.1) is 5.21 Å². The van der Waals surface area contributed by atoms with Gasteiger partial charge in [0.1, 0.15) is 12.0 Å². The van der Waals surface area contributed by atoms with Crippen molar-refractivity contribution in [3.05, 3.63) is 35.0 Å². The Morgan fingerprint density at radius 1 is 1.19 bits per heavy atom. The molecule has 0 radical (unpaired) electrons. The summed E-state index contributed by atoms with van der Waals surface area (Å²) >= 11 is 0. The number of hydrogen-bond acceptors (Lipinski definition) is 4. The van der Waals surface area contributed by atoms with Crippen LogP contribution < -0.4 is 10.1 Å². The number of ether oxygens (including phenoxy) is 1. The molecular weight excluding hydrogens is 328 g/mol. The maximum Gasteiger partial charge on any atom is 0.186 e. The van der Waals surface area contributed by atoms with Gasteiger partial charge in [0.05, 0.1) is 18.7 Å². The summed E-state index contributed by atoms with van der Waals surface area (Å²) in [7, 11) is 0. The number of benzene rings is 1. The number of nitrogens with one attached hydrogen (secondary N) is 1. The molecule has 0 bridgehead atoms. The first-order chi connectivity index (χ1) is 12.4. The fraction of sp³-hybridized carbons (Fsp3) is 0.667. The largest absolute Gasteiger partial charge is 0.623 e. The second-order valence-electron chi connectivity index (χ2n) is 7.34. The Morgan fingerprint density at radius 2 is 1.88 bits per heavy atom. The summed E-state index contributed by atoms with van der Waals surface area (Å²) in [6.07, 6.45) is 7.55. The number of rotatable bonds is 13. The lowest BCUT2D eigenvalue weighted by molar-refractivity contribution is -0.534. The third-order valence-electron chi connectivity index (χ3n) is 4.42. The first kappa shape index (κ1) is 22.5. The lowest BCUT2D eigenvalue weighted by Gasteiger charge is -2.26. The molecule has 0 aromatic heterocycles. The van der Waals surface area contributed by atoms with Gasteiger partial charge in [-0.15, -0.1) is 0 Å². The molecule has 0 aliphatic carbocycles. The number of aliphatic hydroxyl groups excluding tert-OH is 1. The highest BCUT2D eigenvalue weighted by Gasteiger charge is 2.27. The number of para-hydroxylation sites is 1. The van der Waals surface area contributed by atoms with Gasteiger partial charge >= 0.3 is 0 Å². The Hall–Kier alpha value is -1.59.